The Balaban J connectivity index is 2.51. The molecule has 18 heavy (non-hydrogen) atoms. The van der Waals surface area contributed by atoms with E-state index in [1.807, 2.05) is 11.6 Å². The largest absolute Gasteiger partial charge is 0.390 e. The molecule has 2 N–H and O–H groups in total. The van der Waals surface area contributed by atoms with E-state index < -0.39 is 0 Å². The fraction of sp³-hybridized carbons (Fsp3) is 0.786. The summed E-state index contributed by atoms with van der Waals surface area (Å²) in [5.74, 6) is 0.609. The highest BCUT2D eigenvalue weighted by Crippen LogP contribution is 2.13. The zero-order valence-corrected chi connectivity index (χ0v) is 12.3. The first-order chi connectivity index (χ1) is 8.45. The van der Waals surface area contributed by atoms with E-state index in [1.54, 1.807) is 0 Å². The van der Waals surface area contributed by atoms with Crippen molar-refractivity contribution in [1.82, 2.24) is 15.1 Å². The van der Waals surface area contributed by atoms with E-state index in [2.05, 4.69) is 38.1 Å². The third kappa shape index (κ3) is 4.10. The lowest BCUT2D eigenvalue weighted by molar-refractivity contribution is 0.145. The fourth-order valence-corrected chi connectivity index (χ4v) is 2.23. The van der Waals surface area contributed by atoms with Gasteiger partial charge in [0.2, 0.25) is 0 Å². The van der Waals surface area contributed by atoms with Crippen LogP contribution in [0.5, 0.6) is 0 Å². The molecule has 4 nitrogen and oxygen atoms in total. The summed E-state index contributed by atoms with van der Waals surface area (Å²) in [4.78, 5) is 0. The van der Waals surface area contributed by atoms with Gasteiger partial charge in [-0.05, 0) is 38.3 Å². The lowest BCUT2D eigenvalue weighted by atomic mass is 10.1. The zero-order chi connectivity index (χ0) is 13.7. The molecule has 0 saturated heterocycles. The predicted molar refractivity (Wildman–Crippen MR) is 74.8 cm³/mol. The van der Waals surface area contributed by atoms with E-state index in [1.165, 1.54) is 11.3 Å². The zero-order valence-electron chi connectivity index (χ0n) is 12.3. The second kappa shape index (κ2) is 6.90. The van der Waals surface area contributed by atoms with Gasteiger partial charge >= 0.3 is 0 Å². The van der Waals surface area contributed by atoms with Crippen LogP contribution in [0.15, 0.2) is 0 Å². The van der Waals surface area contributed by atoms with Gasteiger partial charge < -0.3 is 10.4 Å². The second-order valence-electron chi connectivity index (χ2n) is 5.39. The SMILES string of the molecule is CCc1c(C)nn(CC(O)CNCC(C)C)c1C. The molecule has 1 aromatic rings. The van der Waals surface area contributed by atoms with Gasteiger partial charge in [-0.15, -0.1) is 0 Å². The number of aliphatic hydroxyl groups excluding tert-OH is 1. The highest BCUT2D eigenvalue weighted by atomic mass is 16.3. The minimum atomic E-state index is -0.383. The van der Waals surface area contributed by atoms with Crippen LogP contribution in [-0.2, 0) is 13.0 Å². The highest BCUT2D eigenvalue weighted by Gasteiger charge is 2.12. The summed E-state index contributed by atoms with van der Waals surface area (Å²) in [5, 5.41) is 17.8. The van der Waals surface area contributed by atoms with Crippen molar-refractivity contribution in [2.24, 2.45) is 5.92 Å². The van der Waals surface area contributed by atoms with Crippen LogP contribution in [0.2, 0.25) is 0 Å². The van der Waals surface area contributed by atoms with Gasteiger partial charge in [-0.2, -0.15) is 5.10 Å². The molecule has 1 atom stereocenters. The number of aryl methyl sites for hydroxylation is 1. The maximum absolute atomic E-state index is 9.99. The summed E-state index contributed by atoms with van der Waals surface area (Å²) in [5.41, 5.74) is 3.56. The molecule has 0 aliphatic rings. The number of nitrogens with one attached hydrogen (secondary N) is 1. The van der Waals surface area contributed by atoms with E-state index in [0.29, 0.717) is 19.0 Å². The lowest BCUT2D eigenvalue weighted by Gasteiger charge is -2.14. The molecule has 1 unspecified atom stereocenters. The summed E-state index contributed by atoms with van der Waals surface area (Å²) in [6.07, 6.45) is 0.616. The topological polar surface area (TPSA) is 50.1 Å². The van der Waals surface area contributed by atoms with Gasteiger partial charge in [-0.25, -0.2) is 0 Å². The van der Waals surface area contributed by atoms with Crippen LogP contribution >= 0.6 is 0 Å². The Hall–Kier alpha value is -0.870. The molecular formula is C14H27N3O. The van der Waals surface area contributed by atoms with Crippen LogP contribution in [0.25, 0.3) is 0 Å². The Labute approximate surface area is 110 Å². The Kier molecular flexibility index (Phi) is 5.82. The van der Waals surface area contributed by atoms with Gasteiger partial charge in [0, 0.05) is 12.2 Å². The molecule has 0 aliphatic heterocycles. The Morgan fingerprint density at radius 1 is 1.28 bits per heavy atom. The summed E-state index contributed by atoms with van der Waals surface area (Å²) in [6.45, 7) is 12.7. The number of nitrogens with zero attached hydrogens (tertiary/aromatic N) is 2. The molecule has 1 rings (SSSR count). The molecule has 0 aromatic carbocycles. The van der Waals surface area contributed by atoms with E-state index in [4.69, 9.17) is 0 Å². The molecule has 0 bridgehead atoms. The molecule has 0 fully saturated rings. The normalized spacial score (nSPS) is 13.3. The summed E-state index contributed by atoms with van der Waals surface area (Å²) in [6, 6.07) is 0. The molecule has 1 aromatic heterocycles. The van der Waals surface area contributed by atoms with Crippen molar-refractivity contribution in [3.63, 3.8) is 0 Å². The van der Waals surface area contributed by atoms with Gasteiger partial charge in [-0.3, -0.25) is 4.68 Å². The number of rotatable bonds is 7. The smallest absolute Gasteiger partial charge is 0.0860 e. The quantitative estimate of drug-likeness (QED) is 0.777. The second-order valence-corrected chi connectivity index (χ2v) is 5.39. The first kappa shape index (κ1) is 15.2. The summed E-state index contributed by atoms with van der Waals surface area (Å²) >= 11 is 0. The number of hydrogen-bond acceptors (Lipinski definition) is 3. The van der Waals surface area contributed by atoms with Crippen molar-refractivity contribution < 1.29 is 5.11 Å². The standard InChI is InChI=1S/C14H27N3O/c1-6-14-11(4)16-17(12(14)5)9-13(18)8-15-7-10(2)3/h10,13,15,18H,6-9H2,1-5H3. The van der Waals surface area contributed by atoms with Crippen LogP contribution in [0.3, 0.4) is 0 Å². The number of aliphatic hydroxyl groups is 1. The van der Waals surface area contributed by atoms with Gasteiger partial charge in [0.25, 0.3) is 0 Å². The van der Waals surface area contributed by atoms with Crippen LogP contribution in [0.4, 0.5) is 0 Å². The molecule has 0 saturated carbocycles. The van der Waals surface area contributed by atoms with Crippen molar-refractivity contribution in [1.29, 1.82) is 0 Å². The van der Waals surface area contributed by atoms with Crippen LogP contribution in [-0.4, -0.2) is 34.1 Å². The minimum absolute atomic E-state index is 0.383. The van der Waals surface area contributed by atoms with E-state index in [-0.39, 0.29) is 6.10 Å². The molecular weight excluding hydrogens is 226 g/mol. The van der Waals surface area contributed by atoms with E-state index >= 15 is 0 Å². The van der Waals surface area contributed by atoms with Crippen molar-refractivity contribution in [2.45, 2.75) is 53.7 Å². The summed E-state index contributed by atoms with van der Waals surface area (Å²) in [7, 11) is 0. The number of aromatic nitrogens is 2. The van der Waals surface area contributed by atoms with Crippen LogP contribution < -0.4 is 5.32 Å². The molecule has 4 heteroatoms. The number of hydrogen-bond donors (Lipinski definition) is 2. The molecule has 1 heterocycles. The highest BCUT2D eigenvalue weighted by molar-refractivity contribution is 5.24. The van der Waals surface area contributed by atoms with Gasteiger partial charge in [0.15, 0.2) is 0 Å². The van der Waals surface area contributed by atoms with Crippen LogP contribution in [0, 0.1) is 19.8 Å². The van der Waals surface area contributed by atoms with Gasteiger partial charge in [0.05, 0.1) is 18.3 Å². The Bertz CT molecular complexity index is 371. The molecule has 0 radical (unpaired) electrons. The van der Waals surface area contributed by atoms with Crippen molar-refractivity contribution >= 4 is 0 Å². The van der Waals surface area contributed by atoms with Gasteiger partial charge in [0.1, 0.15) is 0 Å². The average Bonchev–Trinajstić information content (AvgIpc) is 2.53. The first-order valence-electron chi connectivity index (χ1n) is 6.87. The van der Waals surface area contributed by atoms with E-state index in [9.17, 15) is 5.11 Å². The predicted octanol–water partition coefficient (Wildman–Crippen LogP) is 1.67. The third-order valence-electron chi connectivity index (χ3n) is 3.20. The fourth-order valence-electron chi connectivity index (χ4n) is 2.23. The Morgan fingerprint density at radius 3 is 2.44 bits per heavy atom. The molecule has 0 amide bonds. The van der Waals surface area contributed by atoms with Crippen LogP contribution in [0.1, 0.15) is 37.7 Å². The maximum Gasteiger partial charge on any atom is 0.0860 e. The average molecular weight is 253 g/mol. The van der Waals surface area contributed by atoms with E-state index in [0.717, 1.165) is 18.7 Å². The maximum atomic E-state index is 9.99. The van der Waals surface area contributed by atoms with Crippen molar-refractivity contribution in [3.8, 4) is 0 Å². The Morgan fingerprint density at radius 2 is 1.94 bits per heavy atom. The lowest BCUT2D eigenvalue weighted by Crippen LogP contribution is -2.32. The third-order valence-corrected chi connectivity index (χ3v) is 3.20. The van der Waals surface area contributed by atoms with Gasteiger partial charge in [-0.1, -0.05) is 20.8 Å². The molecule has 0 aliphatic carbocycles. The minimum Gasteiger partial charge on any atom is -0.390 e. The first-order valence-corrected chi connectivity index (χ1v) is 6.87. The molecule has 0 spiro atoms. The summed E-state index contributed by atoms with van der Waals surface area (Å²) < 4.78 is 1.93. The van der Waals surface area contributed by atoms with Crippen molar-refractivity contribution in [2.75, 3.05) is 13.1 Å². The van der Waals surface area contributed by atoms with Crippen molar-refractivity contribution in [3.05, 3.63) is 17.0 Å². The molecule has 104 valence electrons. The monoisotopic (exact) mass is 253 g/mol.